The molecule has 21 heavy (non-hydrogen) atoms. The number of aryl methyl sites for hydroxylation is 1. The number of carbonyl (C=O) groups is 2. The van der Waals surface area contributed by atoms with E-state index in [-0.39, 0.29) is 17.7 Å². The lowest BCUT2D eigenvalue weighted by molar-refractivity contribution is -0.131. The minimum Gasteiger partial charge on any atom is -0.372 e. The van der Waals surface area contributed by atoms with Gasteiger partial charge < -0.3 is 15.7 Å². The van der Waals surface area contributed by atoms with Crippen LogP contribution in [0.4, 0.5) is 0 Å². The largest absolute Gasteiger partial charge is 0.372 e. The van der Waals surface area contributed by atoms with Crippen molar-refractivity contribution in [2.24, 2.45) is 0 Å². The summed E-state index contributed by atoms with van der Waals surface area (Å²) in [5, 5.41) is 15.2. The second-order valence-electron chi connectivity index (χ2n) is 5.81. The molecule has 1 aromatic carbocycles. The molecule has 0 saturated carbocycles. The van der Waals surface area contributed by atoms with Crippen LogP contribution in [-0.4, -0.2) is 29.2 Å². The standard InChI is InChI=1S/C16H20N2O3/c19-14-9-8-13(16(21)18-14)17-15(20)12-7-3-5-10-4-1-2-6-11(10)12/h1-2,4,6,12-13,16,21H,3,5,7-9H2,(H,17,20)(H,18,19)/t12-,13-,16?/m0/s1. The number of rotatable bonds is 2. The first-order valence-electron chi connectivity index (χ1n) is 7.51. The van der Waals surface area contributed by atoms with E-state index in [1.807, 2.05) is 18.2 Å². The molecular formula is C16H20N2O3. The smallest absolute Gasteiger partial charge is 0.227 e. The topological polar surface area (TPSA) is 78.4 Å². The summed E-state index contributed by atoms with van der Waals surface area (Å²) in [6, 6.07) is 7.64. The fourth-order valence-electron chi connectivity index (χ4n) is 3.24. The van der Waals surface area contributed by atoms with Crippen molar-refractivity contribution in [2.45, 2.75) is 50.3 Å². The Morgan fingerprint density at radius 1 is 1.24 bits per heavy atom. The molecule has 3 N–H and O–H groups in total. The number of aliphatic hydroxyl groups is 1. The van der Waals surface area contributed by atoms with Crippen molar-refractivity contribution in [1.82, 2.24) is 10.6 Å². The molecule has 1 aliphatic heterocycles. The first-order valence-corrected chi connectivity index (χ1v) is 7.51. The van der Waals surface area contributed by atoms with E-state index in [9.17, 15) is 14.7 Å². The molecule has 1 fully saturated rings. The van der Waals surface area contributed by atoms with Gasteiger partial charge in [0.05, 0.1) is 12.0 Å². The van der Waals surface area contributed by atoms with Crippen molar-refractivity contribution in [3.63, 3.8) is 0 Å². The van der Waals surface area contributed by atoms with Crippen molar-refractivity contribution in [1.29, 1.82) is 0 Å². The molecule has 1 unspecified atom stereocenters. The molecule has 3 rings (SSSR count). The highest BCUT2D eigenvalue weighted by Gasteiger charge is 2.32. The Morgan fingerprint density at radius 3 is 2.86 bits per heavy atom. The maximum atomic E-state index is 12.5. The number of benzene rings is 1. The predicted octanol–water partition coefficient (Wildman–Crippen LogP) is 0.820. The fraction of sp³-hybridized carbons (Fsp3) is 0.500. The quantitative estimate of drug-likeness (QED) is 0.754. The van der Waals surface area contributed by atoms with E-state index >= 15 is 0 Å². The molecule has 112 valence electrons. The monoisotopic (exact) mass is 288 g/mol. The van der Waals surface area contributed by atoms with Gasteiger partial charge in [0, 0.05) is 6.42 Å². The summed E-state index contributed by atoms with van der Waals surface area (Å²) in [6.45, 7) is 0. The van der Waals surface area contributed by atoms with Crippen LogP contribution in [0.15, 0.2) is 24.3 Å². The Bertz CT molecular complexity index is 558. The third kappa shape index (κ3) is 2.93. The van der Waals surface area contributed by atoms with E-state index in [1.54, 1.807) is 0 Å². The lowest BCUT2D eigenvalue weighted by atomic mass is 9.82. The number of nitrogens with one attached hydrogen (secondary N) is 2. The first-order chi connectivity index (χ1) is 10.1. The van der Waals surface area contributed by atoms with Gasteiger partial charge in [0.2, 0.25) is 11.8 Å². The van der Waals surface area contributed by atoms with Gasteiger partial charge in [-0.2, -0.15) is 0 Å². The van der Waals surface area contributed by atoms with Crippen LogP contribution in [0.2, 0.25) is 0 Å². The molecule has 0 aromatic heterocycles. The van der Waals surface area contributed by atoms with Gasteiger partial charge in [0.1, 0.15) is 6.23 Å². The van der Waals surface area contributed by atoms with Crippen LogP contribution in [-0.2, 0) is 16.0 Å². The summed E-state index contributed by atoms with van der Waals surface area (Å²) >= 11 is 0. The molecule has 1 aromatic rings. The van der Waals surface area contributed by atoms with Gasteiger partial charge in [-0.25, -0.2) is 0 Å². The third-order valence-electron chi connectivity index (χ3n) is 4.39. The van der Waals surface area contributed by atoms with E-state index in [0.29, 0.717) is 12.8 Å². The Kier molecular flexibility index (Phi) is 3.92. The molecule has 1 saturated heterocycles. The normalized spacial score (nSPS) is 28.4. The van der Waals surface area contributed by atoms with E-state index in [0.717, 1.165) is 24.8 Å². The zero-order valence-electron chi connectivity index (χ0n) is 11.8. The summed E-state index contributed by atoms with van der Waals surface area (Å²) < 4.78 is 0. The van der Waals surface area contributed by atoms with E-state index in [1.165, 1.54) is 5.56 Å². The molecule has 1 aliphatic carbocycles. The van der Waals surface area contributed by atoms with Crippen molar-refractivity contribution in [3.05, 3.63) is 35.4 Å². The summed E-state index contributed by atoms with van der Waals surface area (Å²) in [5.41, 5.74) is 2.33. The van der Waals surface area contributed by atoms with Crippen molar-refractivity contribution >= 4 is 11.8 Å². The van der Waals surface area contributed by atoms with Crippen LogP contribution in [0, 0.1) is 0 Å². The SMILES string of the molecule is O=C1CC[C@H](NC(=O)[C@H]2CCCc3ccccc32)C(O)N1. The molecule has 0 radical (unpaired) electrons. The number of aliphatic hydroxyl groups excluding tert-OH is 1. The molecule has 0 spiro atoms. The van der Waals surface area contributed by atoms with Crippen LogP contribution in [0.3, 0.4) is 0 Å². The minimum atomic E-state index is -0.992. The number of hydrogen-bond donors (Lipinski definition) is 3. The molecule has 5 nitrogen and oxygen atoms in total. The zero-order valence-corrected chi connectivity index (χ0v) is 11.8. The zero-order chi connectivity index (χ0) is 14.8. The highest BCUT2D eigenvalue weighted by atomic mass is 16.3. The van der Waals surface area contributed by atoms with Gasteiger partial charge in [0.25, 0.3) is 0 Å². The third-order valence-corrected chi connectivity index (χ3v) is 4.39. The van der Waals surface area contributed by atoms with Gasteiger partial charge in [-0.1, -0.05) is 24.3 Å². The van der Waals surface area contributed by atoms with Crippen molar-refractivity contribution in [3.8, 4) is 0 Å². The lowest BCUT2D eigenvalue weighted by Gasteiger charge is -2.31. The predicted molar refractivity (Wildman–Crippen MR) is 77.4 cm³/mol. The highest BCUT2D eigenvalue weighted by Crippen LogP contribution is 2.31. The number of piperidine rings is 1. The average molecular weight is 288 g/mol. The second kappa shape index (κ2) is 5.85. The van der Waals surface area contributed by atoms with Crippen LogP contribution in [0.25, 0.3) is 0 Å². The Labute approximate surface area is 123 Å². The molecule has 0 bridgehead atoms. The number of hydrogen-bond acceptors (Lipinski definition) is 3. The number of carbonyl (C=O) groups excluding carboxylic acids is 2. The van der Waals surface area contributed by atoms with Gasteiger partial charge in [-0.15, -0.1) is 0 Å². The maximum absolute atomic E-state index is 12.5. The van der Waals surface area contributed by atoms with Gasteiger partial charge >= 0.3 is 0 Å². The van der Waals surface area contributed by atoms with Crippen LogP contribution < -0.4 is 10.6 Å². The van der Waals surface area contributed by atoms with Crippen molar-refractivity contribution in [2.75, 3.05) is 0 Å². The number of fused-ring (bicyclic) bond motifs is 1. The first kappa shape index (κ1) is 14.1. The van der Waals surface area contributed by atoms with Gasteiger partial charge in [-0.3, -0.25) is 9.59 Å². The summed E-state index contributed by atoms with van der Waals surface area (Å²) in [6.07, 6.45) is 2.67. The van der Waals surface area contributed by atoms with E-state index in [4.69, 9.17) is 0 Å². The average Bonchev–Trinajstić information content (AvgIpc) is 2.49. The van der Waals surface area contributed by atoms with E-state index in [2.05, 4.69) is 16.7 Å². The second-order valence-corrected chi connectivity index (χ2v) is 5.81. The van der Waals surface area contributed by atoms with Crippen molar-refractivity contribution < 1.29 is 14.7 Å². The number of amides is 2. The fourth-order valence-corrected chi connectivity index (χ4v) is 3.24. The van der Waals surface area contributed by atoms with Gasteiger partial charge in [0.15, 0.2) is 0 Å². The van der Waals surface area contributed by atoms with Crippen LogP contribution in [0.5, 0.6) is 0 Å². The molecule has 1 heterocycles. The molecule has 5 heteroatoms. The van der Waals surface area contributed by atoms with Crippen LogP contribution in [0.1, 0.15) is 42.7 Å². The highest BCUT2D eigenvalue weighted by molar-refractivity contribution is 5.85. The van der Waals surface area contributed by atoms with Crippen LogP contribution >= 0.6 is 0 Å². The Morgan fingerprint density at radius 2 is 2.05 bits per heavy atom. The molecule has 2 amide bonds. The Hall–Kier alpha value is -1.88. The van der Waals surface area contributed by atoms with Gasteiger partial charge in [-0.05, 0) is 36.8 Å². The molecule has 2 aliphatic rings. The lowest BCUT2D eigenvalue weighted by Crippen LogP contribution is -2.56. The summed E-state index contributed by atoms with van der Waals surface area (Å²) in [5.74, 6) is -0.377. The Balaban J connectivity index is 1.70. The van der Waals surface area contributed by atoms with E-state index < -0.39 is 12.3 Å². The molecular weight excluding hydrogens is 268 g/mol. The minimum absolute atomic E-state index is 0.0534. The summed E-state index contributed by atoms with van der Waals surface area (Å²) in [7, 11) is 0. The molecule has 3 atom stereocenters. The maximum Gasteiger partial charge on any atom is 0.227 e. The summed E-state index contributed by atoms with van der Waals surface area (Å²) in [4.78, 5) is 23.7.